The average molecular weight is 824 g/mol. The highest BCUT2D eigenvalue weighted by Gasteiger charge is 2.49. The number of phenolic OH excluding ortho intramolecular Hbond substituents is 1. The van der Waals surface area contributed by atoms with Gasteiger partial charge in [-0.2, -0.15) is 10.2 Å². The van der Waals surface area contributed by atoms with Crippen molar-refractivity contribution in [1.29, 1.82) is 0 Å². The number of piperidine rings is 4. The summed E-state index contributed by atoms with van der Waals surface area (Å²) in [6, 6.07) is 28.3. The highest BCUT2D eigenvalue weighted by atomic mass is 16.3. The first-order valence-electron chi connectivity index (χ1n) is 22.8. The monoisotopic (exact) mass is 823 g/mol. The van der Waals surface area contributed by atoms with Gasteiger partial charge in [0.2, 0.25) is 17.7 Å². The van der Waals surface area contributed by atoms with E-state index in [1.807, 2.05) is 24.3 Å². The van der Waals surface area contributed by atoms with Crippen molar-refractivity contribution in [3.05, 3.63) is 102 Å². The zero-order chi connectivity index (χ0) is 42.0. The molecule has 4 aromatic rings. The zero-order valence-electron chi connectivity index (χ0n) is 35.7. The fraction of sp³-hybridized carbons (Fsp3) is 0.500. The number of likely N-dealkylation sites (N-methyl/N-ethyl adjacent to an activating group) is 1. The molecule has 5 aliphatic rings. The lowest BCUT2D eigenvalue weighted by Crippen LogP contribution is -2.62. The van der Waals surface area contributed by atoms with Crippen LogP contribution in [0.1, 0.15) is 101 Å². The average Bonchev–Trinajstić information content (AvgIpc) is 3.30. The quantitative estimate of drug-likeness (QED) is 0.166. The van der Waals surface area contributed by atoms with Gasteiger partial charge in [0.05, 0.1) is 28.9 Å². The maximum Gasteiger partial charge on any atom is 0.234 e. The molecule has 4 saturated heterocycles. The van der Waals surface area contributed by atoms with E-state index in [1.165, 1.54) is 37.8 Å². The van der Waals surface area contributed by atoms with E-state index < -0.39 is 5.41 Å². The van der Waals surface area contributed by atoms with Crippen LogP contribution >= 0.6 is 0 Å². The lowest BCUT2D eigenvalue weighted by atomic mass is 9.70. The number of likely N-dealkylation sites (tertiary alicyclic amines) is 1. The fourth-order valence-corrected chi connectivity index (χ4v) is 11.6. The van der Waals surface area contributed by atoms with Gasteiger partial charge < -0.3 is 19.8 Å². The Morgan fingerprint density at radius 1 is 0.803 bits per heavy atom. The van der Waals surface area contributed by atoms with E-state index in [1.54, 1.807) is 18.3 Å². The van der Waals surface area contributed by atoms with Crippen LogP contribution in [0.2, 0.25) is 0 Å². The van der Waals surface area contributed by atoms with Crippen LogP contribution in [0.4, 0.5) is 11.4 Å². The van der Waals surface area contributed by atoms with Crippen LogP contribution in [-0.2, 0) is 19.8 Å². The number of benzene rings is 3. The first-order chi connectivity index (χ1) is 29.7. The highest BCUT2D eigenvalue weighted by molar-refractivity contribution is 6.01. The third-order valence-corrected chi connectivity index (χ3v) is 15.2. The standard InChI is InChI=1S/C50H61N7O4/c1-54(48(61)50(38-10-4-2-5-11-38)25-30-56(31-26-50)41-32-44(53-51-34-41)43-12-6-7-13-45(43)58)40-22-29-57(49(33-40)23-8-3-9-24-49)35-36-20-27-55(28-21-36)39-16-14-37(15-17-39)42-18-19-46(59)52-47(42)60/h2,4-7,10-17,32,34,36,40,42,58H,3,8-9,18-31,33,35H2,1H3,(H,52,59,60)/t40?,42-/m1/s1. The summed E-state index contributed by atoms with van der Waals surface area (Å²) in [5.74, 6) is 0.467. The predicted molar refractivity (Wildman–Crippen MR) is 238 cm³/mol. The summed E-state index contributed by atoms with van der Waals surface area (Å²) < 4.78 is 0. The number of imide groups is 1. The van der Waals surface area contributed by atoms with E-state index in [-0.39, 0.29) is 41.0 Å². The predicted octanol–water partition coefficient (Wildman–Crippen LogP) is 7.45. The Balaban J connectivity index is 0.849. The first-order valence-corrected chi connectivity index (χ1v) is 22.8. The van der Waals surface area contributed by atoms with Gasteiger partial charge in [-0.25, -0.2) is 0 Å². The molecular formula is C50H61N7O4. The molecule has 1 spiro atoms. The smallest absolute Gasteiger partial charge is 0.234 e. The molecule has 0 bridgehead atoms. The van der Waals surface area contributed by atoms with Gasteiger partial charge in [0.15, 0.2) is 0 Å². The van der Waals surface area contributed by atoms with Crippen molar-refractivity contribution < 1.29 is 19.5 Å². The van der Waals surface area contributed by atoms with Gasteiger partial charge >= 0.3 is 0 Å². The van der Waals surface area contributed by atoms with Crippen molar-refractivity contribution in [1.82, 2.24) is 25.3 Å². The molecule has 3 amide bonds. The molecule has 1 saturated carbocycles. The number of nitrogens with one attached hydrogen (secondary N) is 1. The van der Waals surface area contributed by atoms with Crippen LogP contribution in [0.3, 0.4) is 0 Å². The zero-order valence-corrected chi connectivity index (χ0v) is 35.7. The maximum atomic E-state index is 15.2. The molecule has 2 atom stereocenters. The molecule has 320 valence electrons. The van der Waals surface area contributed by atoms with Crippen LogP contribution in [0.15, 0.2) is 91.1 Å². The number of hydrogen-bond donors (Lipinski definition) is 2. The van der Waals surface area contributed by atoms with Crippen molar-refractivity contribution in [2.75, 3.05) is 56.1 Å². The number of amides is 3. The Morgan fingerprint density at radius 3 is 2.23 bits per heavy atom. The maximum absolute atomic E-state index is 15.2. The van der Waals surface area contributed by atoms with Gasteiger partial charge in [-0.05, 0) is 105 Å². The Morgan fingerprint density at radius 2 is 1.51 bits per heavy atom. The molecule has 61 heavy (non-hydrogen) atoms. The van der Waals surface area contributed by atoms with Crippen LogP contribution in [0.25, 0.3) is 11.3 Å². The van der Waals surface area contributed by atoms with Gasteiger partial charge in [-0.1, -0.05) is 73.9 Å². The van der Waals surface area contributed by atoms with Crippen molar-refractivity contribution >= 4 is 29.1 Å². The lowest BCUT2D eigenvalue weighted by Gasteiger charge is -2.55. The Labute approximate surface area is 360 Å². The molecule has 5 fully saturated rings. The third kappa shape index (κ3) is 8.38. The molecule has 1 unspecified atom stereocenters. The number of carbonyl (C=O) groups is 3. The van der Waals surface area contributed by atoms with E-state index in [2.05, 4.69) is 90.7 Å². The second kappa shape index (κ2) is 17.6. The number of para-hydroxylation sites is 1. The van der Waals surface area contributed by atoms with Crippen molar-refractivity contribution in [2.45, 2.75) is 106 Å². The summed E-state index contributed by atoms with van der Waals surface area (Å²) in [6.45, 7) is 5.65. The molecule has 2 N–H and O–H groups in total. The van der Waals surface area contributed by atoms with E-state index in [9.17, 15) is 14.7 Å². The van der Waals surface area contributed by atoms with Crippen LogP contribution in [0.5, 0.6) is 5.75 Å². The molecule has 4 aliphatic heterocycles. The number of nitrogens with zero attached hydrogens (tertiary/aromatic N) is 6. The fourth-order valence-electron chi connectivity index (χ4n) is 11.6. The summed E-state index contributed by atoms with van der Waals surface area (Å²) in [7, 11) is 2.09. The number of phenols is 1. The molecule has 0 radical (unpaired) electrons. The normalized spacial score (nSPS) is 23.4. The number of anilines is 2. The number of carbonyl (C=O) groups excluding carboxylic acids is 3. The van der Waals surface area contributed by atoms with Crippen LogP contribution in [-0.4, -0.2) is 101 Å². The minimum Gasteiger partial charge on any atom is -0.507 e. The molecule has 5 heterocycles. The first kappa shape index (κ1) is 41.1. The van der Waals surface area contributed by atoms with Crippen LogP contribution in [0, 0.1) is 5.92 Å². The number of aromatic hydroxyl groups is 1. The molecule has 11 nitrogen and oxygen atoms in total. The van der Waals surface area contributed by atoms with Gasteiger partial charge in [-0.15, -0.1) is 0 Å². The molecule has 1 aromatic heterocycles. The SMILES string of the molecule is CN(C(=O)C1(c2ccccc2)CCN(c2cnnc(-c3ccccc3O)c2)CC1)C1CCN(CC2CCN(c3ccc([C@H]4CCC(=O)NC4=O)cc3)CC2)C2(CCCCC2)C1. The Bertz CT molecular complexity index is 2180. The summed E-state index contributed by atoms with van der Waals surface area (Å²) >= 11 is 0. The van der Waals surface area contributed by atoms with E-state index in [4.69, 9.17) is 0 Å². The minimum absolute atomic E-state index is 0.140. The lowest BCUT2D eigenvalue weighted by molar-refractivity contribution is -0.142. The largest absolute Gasteiger partial charge is 0.507 e. The van der Waals surface area contributed by atoms with Gasteiger partial charge in [0.1, 0.15) is 5.75 Å². The minimum atomic E-state index is -0.608. The Hall–Kier alpha value is -5.29. The Kier molecular flexibility index (Phi) is 11.8. The molecule has 1 aliphatic carbocycles. The van der Waals surface area contributed by atoms with Crippen molar-refractivity contribution in [2.24, 2.45) is 5.92 Å². The summed E-state index contributed by atoms with van der Waals surface area (Å²) in [4.78, 5) is 49.1. The van der Waals surface area contributed by atoms with E-state index in [0.717, 1.165) is 81.8 Å². The molecule has 3 aromatic carbocycles. The van der Waals surface area contributed by atoms with Gasteiger partial charge in [-0.3, -0.25) is 24.6 Å². The second-order valence-electron chi connectivity index (χ2n) is 18.6. The summed E-state index contributed by atoms with van der Waals surface area (Å²) in [5.41, 5.74) is 5.07. The van der Waals surface area contributed by atoms with E-state index >= 15 is 4.79 Å². The topological polar surface area (TPSA) is 122 Å². The van der Waals surface area contributed by atoms with E-state index in [0.29, 0.717) is 42.9 Å². The molecule has 9 rings (SSSR count). The third-order valence-electron chi connectivity index (χ3n) is 15.2. The number of rotatable bonds is 9. The van der Waals surface area contributed by atoms with Crippen molar-refractivity contribution in [3.63, 3.8) is 0 Å². The number of aromatic nitrogens is 2. The molecular weight excluding hydrogens is 763 g/mol. The number of hydrogen-bond acceptors (Lipinski definition) is 9. The summed E-state index contributed by atoms with van der Waals surface area (Å²) in [6.07, 6.45) is 14.8. The van der Waals surface area contributed by atoms with Gasteiger partial charge in [0.25, 0.3) is 0 Å². The van der Waals surface area contributed by atoms with Crippen LogP contribution < -0.4 is 15.1 Å². The summed E-state index contributed by atoms with van der Waals surface area (Å²) in [5, 5.41) is 21.6. The second-order valence-corrected chi connectivity index (χ2v) is 18.6. The van der Waals surface area contributed by atoms with Crippen molar-refractivity contribution in [3.8, 4) is 17.0 Å². The molecule has 11 heteroatoms. The van der Waals surface area contributed by atoms with Gasteiger partial charge in [0, 0.05) is 75.6 Å². The highest BCUT2D eigenvalue weighted by Crippen LogP contribution is 2.45.